The third-order valence-electron chi connectivity index (χ3n) is 4.63. The number of benzene rings is 2. The van der Waals surface area contributed by atoms with E-state index >= 15 is 0 Å². The monoisotopic (exact) mass is 373 g/mol. The number of aromatic nitrogens is 3. The lowest BCUT2D eigenvalue weighted by Crippen LogP contribution is -2.11. The number of aromatic hydroxyl groups is 1. The van der Waals surface area contributed by atoms with Crippen LogP contribution in [0.3, 0.4) is 0 Å². The van der Waals surface area contributed by atoms with Crippen LogP contribution < -0.4 is 11.1 Å². The molecular formula is C21H19N5O2. The summed E-state index contributed by atoms with van der Waals surface area (Å²) in [6.45, 7) is 3.95. The largest absolute Gasteiger partial charge is 0.508 e. The Labute approximate surface area is 161 Å². The van der Waals surface area contributed by atoms with E-state index in [0.29, 0.717) is 22.7 Å². The number of carbonyl (C=O) groups excluding carboxylic acids is 1. The van der Waals surface area contributed by atoms with Gasteiger partial charge in [-0.1, -0.05) is 12.1 Å². The average Bonchev–Trinajstić information content (AvgIpc) is 3.04. The van der Waals surface area contributed by atoms with Crippen molar-refractivity contribution >= 4 is 28.4 Å². The van der Waals surface area contributed by atoms with Gasteiger partial charge in [-0.05, 0) is 61.4 Å². The molecule has 0 atom stereocenters. The Hall–Kier alpha value is -3.87. The molecule has 1 amide bonds. The second kappa shape index (κ2) is 6.70. The molecule has 2 aromatic heterocycles. The van der Waals surface area contributed by atoms with Gasteiger partial charge in [0.2, 0.25) is 0 Å². The van der Waals surface area contributed by atoms with Crippen LogP contribution in [0, 0.1) is 13.8 Å². The van der Waals surface area contributed by atoms with E-state index in [2.05, 4.69) is 20.5 Å². The highest BCUT2D eigenvalue weighted by Gasteiger charge is 2.13. The lowest BCUT2D eigenvalue weighted by molar-refractivity contribution is 0.102. The molecule has 0 saturated heterocycles. The van der Waals surface area contributed by atoms with Crippen LogP contribution in [0.4, 0.5) is 11.5 Å². The molecule has 0 radical (unpaired) electrons. The maximum Gasteiger partial charge on any atom is 0.255 e. The quantitative estimate of drug-likeness (QED) is 0.436. The minimum atomic E-state index is -0.299. The molecule has 0 spiro atoms. The number of aromatic amines is 1. The summed E-state index contributed by atoms with van der Waals surface area (Å²) in [5.74, 6) is 0.172. The number of carbonyl (C=O) groups is 1. The van der Waals surface area contributed by atoms with Gasteiger partial charge in [0.05, 0.1) is 11.1 Å². The number of aryl methyl sites for hydroxylation is 2. The highest BCUT2D eigenvalue weighted by atomic mass is 16.3. The molecule has 0 bridgehead atoms. The van der Waals surface area contributed by atoms with Gasteiger partial charge in [-0.2, -0.15) is 5.10 Å². The summed E-state index contributed by atoms with van der Waals surface area (Å²) in [5, 5.41) is 20.1. The zero-order chi connectivity index (χ0) is 19.8. The fraction of sp³-hybridized carbons (Fsp3) is 0.0952. The summed E-state index contributed by atoms with van der Waals surface area (Å²) in [6.07, 6.45) is 0. The number of fused-ring (bicyclic) bond motifs is 1. The van der Waals surface area contributed by atoms with Gasteiger partial charge in [0.1, 0.15) is 5.75 Å². The molecule has 140 valence electrons. The summed E-state index contributed by atoms with van der Waals surface area (Å²) in [6, 6.07) is 13.8. The molecule has 7 heteroatoms. The Bertz CT molecular complexity index is 1210. The SMILES string of the molecule is Cc1ccc(NC(=O)c2cccc(O)c2)cc1-c1cc(C)c2c(N)n[nH]c2n1. The first kappa shape index (κ1) is 17.5. The number of nitrogens with one attached hydrogen (secondary N) is 2. The van der Waals surface area contributed by atoms with Crippen molar-refractivity contribution in [2.75, 3.05) is 11.1 Å². The third-order valence-corrected chi connectivity index (χ3v) is 4.63. The number of hydrogen-bond donors (Lipinski definition) is 4. The number of anilines is 2. The van der Waals surface area contributed by atoms with Crippen molar-refractivity contribution in [1.29, 1.82) is 0 Å². The average molecular weight is 373 g/mol. The van der Waals surface area contributed by atoms with Crippen molar-refractivity contribution in [2.24, 2.45) is 0 Å². The minimum absolute atomic E-state index is 0.0454. The highest BCUT2D eigenvalue weighted by molar-refractivity contribution is 6.04. The molecule has 5 N–H and O–H groups in total. The molecule has 4 aromatic rings. The maximum absolute atomic E-state index is 12.5. The standard InChI is InChI=1S/C21H19N5O2/c1-11-6-7-14(23-21(28)13-4-3-5-15(27)9-13)10-16(11)17-8-12(2)18-19(22)25-26-20(18)24-17/h3-10,27H,1-2H3,(H,23,28)(H3,22,24,25,26). The summed E-state index contributed by atoms with van der Waals surface area (Å²) in [7, 11) is 0. The summed E-state index contributed by atoms with van der Waals surface area (Å²) >= 11 is 0. The van der Waals surface area contributed by atoms with Gasteiger partial charge in [0, 0.05) is 16.8 Å². The second-order valence-electron chi connectivity index (χ2n) is 6.69. The van der Waals surface area contributed by atoms with Crippen LogP contribution in [-0.2, 0) is 0 Å². The summed E-state index contributed by atoms with van der Waals surface area (Å²) < 4.78 is 0. The zero-order valence-electron chi connectivity index (χ0n) is 15.4. The van der Waals surface area contributed by atoms with Gasteiger partial charge in [-0.3, -0.25) is 9.89 Å². The van der Waals surface area contributed by atoms with E-state index in [0.717, 1.165) is 27.8 Å². The van der Waals surface area contributed by atoms with Crippen molar-refractivity contribution in [3.8, 4) is 17.0 Å². The number of amides is 1. The predicted molar refractivity (Wildman–Crippen MR) is 109 cm³/mol. The van der Waals surface area contributed by atoms with Crippen LogP contribution in [0.25, 0.3) is 22.3 Å². The van der Waals surface area contributed by atoms with Crippen molar-refractivity contribution in [3.63, 3.8) is 0 Å². The fourth-order valence-electron chi connectivity index (χ4n) is 3.21. The van der Waals surface area contributed by atoms with E-state index in [-0.39, 0.29) is 11.7 Å². The Balaban J connectivity index is 1.71. The molecule has 0 unspecified atom stereocenters. The van der Waals surface area contributed by atoms with Crippen molar-refractivity contribution in [3.05, 3.63) is 65.2 Å². The first-order valence-corrected chi connectivity index (χ1v) is 8.75. The lowest BCUT2D eigenvalue weighted by atomic mass is 10.0. The number of H-pyrrole nitrogens is 1. The van der Waals surface area contributed by atoms with Gasteiger partial charge in [0.15, 0.2) is 11.5 Å². The number of phenolic OH excluding ortho intramolecular Hbond substituents is 1. The van der Waals surface area contributed by atoms with E-state index < -0.39 is 0 Å². The van der Waals surface area contributed by atoms with Gasteiger partial charge in [-0.15, -0.1) is 0 Å². The van der Waals surface area contributed by atoms with Crippen LogP contribution in [0.5, 0.6) is 5.75 Å². The maximum atomic E-state index is 12.5. The van der Waals surface area contributed by atoms with E-state index in [1.54, 1.807) is 12.1 Å². The van der Waals surface area contributed by atoms with E-state index in [1.165, 1.54) is 12.1 Å². The normalized spacial score (nSPS) is 10.9. The molecule has 0 aliphatic heterocycles. The molecule has 0 fully saturated rings. The molecule has 2 aromatic carbocycles. The van der Waals surface area contributed by atoms with Crippen molar-refractivity contribution in [2.45, 2.75) is 13.8 Å². The Morgan fingerprint density at radius 1 is 1.11 bits per heavy atom. The lowest BCUT2D eigenvalue weighted by Gasteiger charge is -2.11. The molecule has 0 aliphatic rings. The second-order valence-corrected chi connectivity index (χ2v) is 6.69. The first-order chi connectivity index (χ1) is 13.4. The number of hydrogen-bond acceptors (Lipinski definition) is 5. The molecule has 7 nitrogen and oxygen atoms in total. The predicted octanol–water partition coefficient (Wildman–Crippen LogP) is 3.78. The van der Waals surface area contributed by atoms with E-state index in [9.17, 15) is 9.90 Å². The Kier molecular flexibility index (Phi) is 4.19. The Morgan fingerprint density at radius 2 is 1.93 bits per heavy atom. The topological polar surface area (TPSA) is 117 Å². The number of pyridine rings is 1. The third kappa shape index (κ3) is 3.14. The van der Waals surface area contributed by atoms with Gasteiger partial charge in [0.25, 0.3) is 5.91 Å². The summed E-state index contributed by atoms with van der Waals surface area (Å²) in [5.41, 5.74) is 11.2. The van der Waals surface area contributed by atoms with Gasteiger partial charge in [-0.25, -0.2) is 4.98 Å². The number of nitrogen functional groups attached to an aromatic ring is 1. The number of nitrogens with two attached hydrogens (primary N) is 1. The first-order valence-electron chi connectivity index (χ1n) is 8.75. The van der Waals surface area contributed by atoms with Crippen LogP contribution in [0.2, 0.25) is 0 Å². The van der Waals surface area contributed by atoms with Crippen molar-refractivity contribution < 1.29 is 9.90 Å². The smallest absolute Gasteiger partial charge is 0.255 e. The van der Waals surface area contributed by atoms with Crippen LogP contribution in [0.1, 0.15) is 21.5 Å². The van der Waals surface area contributed by atoms with Crippen LogP contribution in [0.15, 0.2) is 48.5 Å². The molecule has 28 heavy (non-hydrogen) atoms. The minimum Gasteiger partial charge on any atom is -0.508 e. The van der Waals surface area contributed by atoms with Crippen LogP contribution >= 0.6 is 0 Å². The summed E-state index contributed by atoms with van der Waals surface area (Å²) in [4.78, 5) is 17.1. The van der Waals surface area contributed by atoms with E-state index in [1.807, 2.05) is 38.1 Å². The molecule has 0 saturated carbocycles. The molecule has 0 aliphatic carbocycles. The number of phenols is 1. The van der Waals surface area contributed by atoms with Gasteiger partial charge < -0.3 is 16.2 Å². The molecule has 2 heterocycles. The zero-order valence-corrected chi connectivity index (χ0v) is 15.4. The number of rotatable bonds is 3. The van der Waals surface area contributed by atoms with Gasteiger partial charge >= 0.3 is 0 Å². The van der Waals surface area contributed by atoms with Crippen molar-refractivity contribution in [1.82, 2.24) is 15.2 Å². The highest BCUT2D eigenvalue weighted by Crippen LogP contribution is 2.30. The van der Waals surface area contributed by atoms with Crippen LogP contribution in [-0.4, -0.2) is 26.2 Å². The number of nitrogens with zero attached hydrogens (tertiary/aromatic N) is 2. The molecular weight excluding hydrogens is 354 g/mol. The Morgan fingerprint density at radius 3 is 2.71 bits per heavy atom. The fourth-order valence-corrected chi connectivity index (χ4v) is 3.21. The molecule has 4 rings (SSSR count). The van der Waals surface area contributed by atoms with E-state index in [4.69, 9.17) is 5.73 Å².